The van der Waals surface area contributed by atoms with Crippen molar-refractivity contribution in [2.24, 2.45) is 0 Å². The van der Waals surface area contributed by atoms with Crippen LogP contribution in [0.2, 0.25) is 5.02 Å². The largest absolute Gasteiger partial charge is 0.373 e. The Balaban J connectivity index is 1.92. The van der Waals surface area contributed by atoms with E-state index in [0.717, 1.165) is 11.5 Å². The minimum atomic E-state index is 0.389. The van der Waals surface area contributed by atoms with E-state index >= 15 is 0 Å². The van der Waals surface area contributed by atoms with Gasteiger partial charge in [-0.3, -0.25) is 0 Å². The summed E-state index contributed by atoms with van der Waals surface area (Å²) < 4.78 is 5.87. The third kappa shape index (κ3) is 3.58. The minimum absolute atomic E-state index is 0.389. The van der Waals surface area contributed by atoms with Crippen LogP contribution in [0.4, 0.5) is 5.82 Å². The second-order valence-corrected chi connectivity index (χ2v) is 4.85. The van der Waals surface area contributed by atoms with Crippen molar-refractivity contribution in [2.45, 2.75) is 44.8 Å². The Bertz CT molecular complexity index is 364. The molecule has 1 aromatic rings. The standard InChI is InChI=1S/C13H19ClN2O/c1-15-13-8-7-11(14)12(16-13)9-17-10-5-3-2-4-6-10/h7-8,10H,2-6,9H2,1H3,(H,15,16). The molecule has 0 spiro atoms. The van der Waals surface area contributed by atoms with Crippen LogP contribution in [0.1, 0.15) is 37.8 Å². The summed E-state index contributed by atoms with van der Waals surface area (Å²) in [6.45, 7) is 0.513. The third-order valence-electron chi connectivity index (χ3n) is 3.18. The molecule has 0 saturated heterocycles. The summed E-state index contributed by atoms with van der Waals surface area (Å²) in [5, 5.41) is 3.69. The Labute approximate surface area is 108 Å². The van der Waals surface area contributed by atoms with Crippen LogP contribution < -0.4 is 5.32 Å². The van der Waals surface area contributed by atoms with Crippen molar-refractivity contribution in [3.05, 3.63) is 22.8 Å². The molecule has 17 heavy (non-hydrogen) atoms. The van der Waals surface area contributed by atoms with Crippen LogP contribution in [-0.2, 0) is 11.3 Å². The molecule has 1 aliphatic carbocycles. The van der Waals surface area contributed by atoms with E-state index in [2.05, 4.69) is 10.3 Å². The summed E-state index contributed by atoms with van der Waals surface area (Å²) in [6, 6.07) is 3.73. The maximum absolute atomic E-state index is 6.10. The summed E-state index contributed by atoms with van der Waals surface area (Å²) in [4.78, 5) is 4.41. The normalized spacial score (nSPS) is 17.1. The average molecular weight is 255 g/mol. The first-order valence-corrected chi connectivity index (χ1v) is 6.62. The zero-order valence-electron chi connectivity index (χ0n) is 10.2. The first-order chi connectivity index (χ1) is 8.29. The van der Waals surface area contributed by atoms with Crippen molar-refractivity contribution in [1.82, 2.24) is 4.98 Å². The van der Waals surface area contributed by atoms with Crippen LogP contribution in [0.3, 0.4) is 0 Å². The fourth-order valence-corrected chi connectivity index (χ4v) is 2.31. The van der Waals surface area contributed by atoms with Crippen molar-refractivity contribution < 1.29 is 4.74 Å². The van der Waals surface area contributed by atoms with Gasteiger partial charge in [-0.05, 0) is 25.0 Å². The summed E-state index contributed by atoms with van der Waals surface area (Å²) in [5.74, 6) is 0.830. The van der Waals surface area contributed by atoms with Crippen molar-refractivity contribution in [2.75, 3.05) is 12.4 Å². The van der Waals surface area contributed by atoms with Crippen LogP contribution in [0.5, 0.6) is 0 Å². The molecule has 4 heteroatoms. The molecule has 1 aromatic heterocycles. The Hall–Kier alpha value is -0.800. The van der Waals surface area contributed by atoms with Gasteiger partial charge in [0.1, 0.15) is 5.82 Å². The van der Waals surface area contributed by atoms with E-state index in [1.54, 1.807) is 0 Å². The lowest BCUT2D eigenvalue weighted by molar-refractivity contribution is 0.0153. The number of nitrogens with one attached hydrogen (secondary N) is 1. The SMILES string of the molecule is CNc1ccc(Cl)c(COC2CCCCC2)n1. The van der Waals surface area contributed by atoms with E-state index in [9.17, 15) is 0 Å². The lowest BCUT2D eigenvalue weighted by atomic mass is 9.98. The summed E-state index contributed by atoms with van der Waals surface area (Å²) in [6.07, 6.45) is 6.63. The molecule has 1 heterocycles. The molecule has 0 bridgehead atoms. The second kappa shape index (κ2) is 6.22. The Morgan fingerprint density at radius 1 is 1.35 bits per heavy atom. The van der Waals surface area contributed by atoms with Gasteiger partial charge in [-0.1, -0.05) is 30.9 Å². The number of hydrogen-bond donors (Lipinski definition) is 1. The number of ether oxygens (including phenoxy) is 1. The van der Waals surface area contributed by atoms with Gasteiger partial charge in [-0.15, -0.1) is 0 Å². The zero-order chi connectivity index (χ0) is 12.1. The molecular formula is C13H19ClN2O. The van der Waals surface area contributed by atoms with Gasteiger partial charge in [-0.25, -0.2) is 4.98 Å². The van der Waals surface area contributed by atoms with E-state index in [0.29, 0.717) is 17.7 Å². The molecule has 0 radical (unpaired) electrons. The molecule has 3 nitrogen and oxygen atoms in total. The van der Waals surface area contributed by atoms with Crippen LogP contribution in [0.25, 0.3) is 0 Å². The number of anilines is 1. The van der Waals surface area contributed by atoms with Crippen LogP contribution in [-0.4, -0.2) is 18.1 Å². The predicted molar refractivity (Wildman–Crippen MR) is 70.5 cm³/mol. The van der Waals surface area contributed by atoms with Gasteiger partial charge in [0.15, 0.2) is 0 Å². The molecule has 0 aromatic carbocycles. The Morgan fingerprint density at radius 2 is 2.12 bits per heavy atom. The molecule has 0 amide bonds. The minimum Gasteiger partial charge on any atom is -0.373 e. The second-order valence-electron chi connectivity index (χ2n) is 4.45. The van der Waals surface area contributed by atoms with Gasteiger partial charge >= 0.3 is 0 Å². The fraction of sp³-hybridized carbons (Fsp3) is 0.615. The van der Waals surface area contributed by atoms with Crippen molar-refractivity contribution in [3.8, 4) is 0 Å². The van der Waals surface area contributed by atoms with Crippen LogP contribution >= 0.6 is 11.6 Å². The first kappa shape index (κ1) is 12.7. The van der Waals surface area contributed by atoms with Crippen LogP contribution in [0, 0.1) is 0 Å². The van der Waals surface area contributed by atoms with Gasteiger partial charge in [0.25, 0.3) is 0 Å². The summed E-state index contributed by atoms with van der Waals surface area (Å²) >= 11 is 6.10. The molecule has 2 rings (SSSR count). The number of rotatable bonds is 4. The number of aromatic nitrogens is 1. The van der Waals surface area contributed by atoms with E-state index in [1.807, 2.05) is 19.2 Å². The maximum Gasteiger partial charge on any atom is 0.126 e. The molecule has 1 aliphatic rings. The van der Waals surface area contributed by atoms with Gasteiger partial charge < -0.3 is 10.1 Å². The topological polar surface area (TPSA) is 34.1 Å². The lowest BCUT2D eigenvalue weighted by Gasteiger charge is -2.22. The molecule has 1 N–H and O–H groups in total. The highest BCUT2D eigenvalue weighted by molar-refractivity contribution is 6.31. The number of hydrogen-bond acceptors (Lipinski definition) is 3. The Kier molecular flexibility index (Phi) is 4.63. The van der Waals surface area contributed by atoms with E-state index in [-0.39, 0.29) is 0 Å². The summed E-state index contributed by atoms with van der Waals surface area (Å²) in [5.41, 5.74) is 0.823. The Morgan fingerprint density at radius 3 is 2.82 bits per heavy atom. The summed E-state index contributed by atoms with van der Waals surface area (Å²) in [7, 11) is 1.85. The molecule has 1 fully saturated rings. The smallest absolute Gasteiger partial charge is 0.126 e. The average Bonchev–Trinajstić information content (AvgIpc) is 2.39. The molecule has 0 atom stereocenters. The van der Waals surface area contributed by atoms with E-state index < -0.39 is 0 Å². The van der Waals surface area contributed by atoms with E-state index in [4.69, 9.17) is 16.3 Å². The van der Waals surface area contributed by atoms with Crippen molar-refractivity contribution in [3.63, 3.8) is 0 Å². The molecular weight excluding hydrogens is 236 g/mol. The quantitative estimate of drug-likeness (QED) is 0.891. The maximum atomic E-state index is 6.10. The fourth-order valence-electron chi connectivity index (χ4n) is 2.15. The molecule has 94 valence electrons. The first-order valence-electron chi connectivity index (χ1n) is 6.24. The lowest BCUT2D eigenvalue weighted by Crippen LogP contribution is -2.16. The highest BCUT2D eigenvalue weighted by atomic mass is 35.5. The van der Waals surface area contributed by atoms with Crippen LogP contribution in [0.15, 0.2) is 12.1 Å². The predicted octanol–water partition coefficient (Wildman–Crippen LogP) is 3.63. The van der Waals surface area contributed by atoms with Crippen molar-refractivity contribution >= 4 is 17.4 Å². The number of pyridine rings is 1. The zero-order valence-corrected chi connectivity index (χ0v) is 11.0. The monoisotopic (exact) mass is 254 g/mol. The third-order valence-corrected chi connectivity index (χ3v) is 3.53. The molecule has 0 unspecified atom stereocenters. The van der Waals surface area contributed by atoms with Gasteiger partial charge in [-0.2, -0.15) is 0 Å². The van der Waals surface area contributed by atoms with E-state index in [1.165, 1.54) is 32.1 Å². The van der Waals surface area contributed by atoms with Gasteiger partial charge in [0, 0.05) is 7.05 Å². The number of nitrogens with zero attached hydrogens (tertiary/aromatic N) is 1. The van der Waals surface area contributed by atoms with Gasteiger partial charge in [0.05, 0.1) is 23.4 Å². The number of halogens is 1. The highest BCUT2D eigenvalue weighted by Gasteiger charge is 2.14. The van der Waals surface area contributed by atoms with Crippen molar-refractivity contribution in [1.29, 1.82) is 0 Å². The molecule has 0 aliphatic heterocycles. The highest BCUT2D eigenvalue weighted by Crippen LogP contribution is 2.23. The van der Waals surface area contributed by atoms with Gasteiger partial charge in [0.2, 0.25) is 0 Å². The molecule has 1 saturated carbocycles.